The van der Waals surface area contributed by atoms with Crippen LogP contribution in [-0.2, 0) is 4.79 Å². The van der Waals surface area contributed by atoms with Gasteiger partial charge in [0.1, 0.15) is 5.75 Å². The largest absolute Gasteiger partial charge is 0.507 e. The molecule has 1 saturated heterocycles. The first kappa shape index (κ1) is 20.2. The van der Waals surface area contributed by atoms with E-state index in [0.717, 1.165) is 31.4 Å². The van der Waals surface area contributed by atoms with Crippen LogP contribution in [0.4, 0.5) is 11.4 Å². The molecule has 0 spiro atoms. The lowest BCUT2D eigenvalue weighted by molar-refractivity contribution is -0.384. The maximum atomic E-state index is 13.3. The summed E-state index contributed by atoms with van der Waals surface area (Å²) in [4.78, 5) is 30.7. The number of phenols is 1. The Kier molecular flexibility index (Phi) is 5.85. The highest BCUT2D eigenvalue weighted by Crippen LogP contribution is 2.39. The summed E-state index contributed by atoms with van der Waals surface area (Å²) in [5, 5.41) is 21.8. The van der Waals surface area contributed by atoms with E-state index in [0.29, 0.717) is 10.1 Å². The van der Waals surface area contributed by atoms with E-state index in [4.69, 9.17) is 4.99 Å². The number of amides is 1. The third-order valence-corrected chi connectivity index (χ3v) is 6.25. The molecule has 154 valence electrons. The molecule has 0 bridgehead atoms. The van der Waals surface area contributed by atoms with Gasteiger partial charge in [-0.25, -0.2) is 4.99 Å². The molecule has 2 fully saturated rings. The van der Waals surface area contributed by atoms with E-state index in [2.05, 4.69) is 0 Å². The van der Waals surface area contributed by atoms with Crippen LogP contribution < -0.4 is 0 Å². The van der Waals surface area contributed by atoms with E-state index in [1.807, 2.05) is 30.3 Å². The van der Waals surface area contributed by atoms with Gasteiger partial charge in [0.2, 0.25) is 0 Å². The molecule has 1 amide bonds. The van der Waals surface area contributed by atoms with Gasteiger partial charge in [0.05, 0.1) is 15.5 Å². The molecule has 1 aliphatic heterocycles. The van der Waals surface area contributed by atoms with Gasteiger partial charge in [-0.2, -0.15) is 0 Å². The standard InChI is InChI=1S/C22H21N3O4S/c26-19-12-11-18(25(28)29)13-15(19)14-20-21(27)24(17-9-5-2-6-10-17)22(30-20)23-16-7-3-1-4-8-16/h1,3-4,7-8,11-14,17,26H,2,5-6,9-10H2/b20-14-,23-22?. The van der Waals surface area contributed by atoms with E-state index in [1.54, 1.807) is 4.90 Å². The second-order valence-corrected chi connectivity index (χ2v) is 8.32. The number of carbonyl (C=O) groups is 1. The summed E-state index contributed by atoms with van der Waals surface area (Å²) < 4.78 is 0. The predicted octanol–water partition coefficient (Wildman–Crippen LogP) is 5.24. The van der Waals surface area contributed by atoms with Crippen molar-refractivity contribution >= 4 is 40.3 Å². The molecule has 1 aliphatic carbocycles. The number of phenolic OH excluding ortho intramolecular Hbond substituents is 1. The number of aliphatic imine (C=N–C) groups is 1. The van der Waals surface area contributed by atoms with Crippen LogP contribution in [0.25, 0.3) is 6.08 Å². The minimum Gasteiger partial charge on any atom is -0.507 e. The number of nitrogens with zero attached hydrogens (tertiary/aromatic N) is 3. The zero-order chi connectivity index (χ0) is 21.1. The average Bonchev–Trinajstić information content (AvgIpc) is 3.05. The topological polar surface area (TPSA) is 96.0 Å². The van der Waals surface area contributed by atoms with Crippen molar-refractivity contribution in [3.8, 4) is 5.75 Å². The summed E-state index contributed by atoms with van der Waals surface area (Å²) in [6.45, 7) is 0. The van der Waals surface area contributed by atoms with E-state index in [-0.39, 0.29) is 28.9 Å². The maximum Gasteiger partial charge on any atom is 0.270 e. The van der Waals surface area contributed by atoms with Crippen LogP contribution in [0, 0.1) is 10.1 Å². The first-order valence-electron chi connectivity index (χ1n) is 9.87. The normalized spacial score (nSPS) is 20.3. The molecule has 1 heterocycles. The number of benzene rings is 2. The molecular weight excluding hydrogens is 402 g/mol. The van der Waals surface area contributed by atoms with Crippen molar-refractivity contribution in [1.29, 1.82) is 0 Å². The van der Waals surface area contributed by atoms with Crippen LogP contribution in [0.3, 0.4) is 0 Å². The molecule has 0 unspecified atom stereocenters. The van der Waals surface area contributed by atoms with E-state index >= 15 is 0 Å². The second kappa shape index (κ2) is 8.71. The van der Waals surface area contributed by atoms with E-state index in [9.17, 15) is 20.0 Å². The molecule has 8 heteroatoms. The van der Waals surface area contributed by atoms with Gasteiger partial charge in [-0.3, -0.25) is 19.8 Å². The highest BCUT2D eigenvalue weighted by molar-refractivity contribution is 8.18. The van der Waals surface area contributed by atoms with Crippen LogP contribution in [-0.4, -0.2) is 32.0 Å². The molecular formula is C22H21N3O4S. The van der Waals surface area contributed by atoms with Gasteiger partial charge < -0.3 is 5.11 Å². The van der Waals surface area contributed by atoms with Crippen molar-refractivity contribution in [3.05, 3.63) is 69.1 Å². The number of thioether (sulfide) groups is 1. The Hall–Kier alpha value is -3.13. The Balaban J connectivity index is 1.73. The van der Waals surface area contributed by atoms with Gasteiger partial charge in [0.25, 0.3) is 11.6 Å². The first-order chi connectivity index (χ1) is 14.5. The van der Waals surface area contributed by atoms with E-state index < -0.39 is 4.92 Å². The number of rotatable bonds is 4. The monoisotopic (exact) mass is 423 g/mol. The van der Waals surface area contributed by atoms with Gasteiger partial charge in [-0.15, -0.1) is 0 Å². The van der Waals surface area contributed by atoms with Gasteiger partial charge in [-0.05, 0) is 48.9 Å². The van der Waals surface area contributed by atoms with Gasteiger partial charge in [-0.1, -0.05) is 37.5 Å². The predicted molar refractivity (Wildman–Crippen MR) is 118 cm³/mol. The van der Waals surface area contributed by atoms with Crippen molar-refractivity contribution in [2.24, 2.45) is 4.99 Å². The molecule has 7 nitrogen and oxygen atoms in total. The SMILES string of the molecule is O=C1/C(=C/c2cc([N+](=O)[O-])ccc2O)SC(=Nc2ccccc2)N1C1CCCCC1. The molecule has 0 atom stereocenters. The van der Waals surface area contributed by atoms with Gasteiger partial charge in [0.15, 0.2) is 5.17 Å². The second-order valence-electron chi connectivity index (χ2n) is 7.31. The Morgan fingerprint density at radius 3 is 2.57 bits per heavy atom. The quantitative estimate of drug-likeness (QED) is 0.412. The summed E-state index contributed by atoms with van der Waals surface area (Å²) >= 11 is 1.24. The number of aromatic hydroxyl groups is 1. The number of nitro groups is 1. The lowest BCUT2D eigenvalue weighted by Gasteiger charge is -2.30. The van der Waals surface area contributed by atoms with Crippen LogP contribution in [0.5, 0.6) is 5.75 Å². The van der Waals surface area contributed by atoms with Crippen LogP contribution in [0.2, 0.25) is 0 Å². The Morgan fingerprint density at radius 2 is 1.87 bits per heavy atom. The molecule has 4 rings (SSSR count). The molecule has 2 aliphatic rings. The third-order valence-electron chi connectivity index (χ3n) is 5.27. The van der Waals surface area contributed by atoms with Crippen molar-refractivity contribution in [1.82, 2.24) is 4.90 Å². The Morgan fingerprint density at radius 1 is 1.13 bits per heavy atom. The number of non-ortho nitro benzene ring substituents is 1. The van der Waals surface area contributed by atoms with Crippen LogP contribution >= 0.6 is 11.8 Å². The molecule has 0 radical (unpaired) electrons. The maximum absolute atomic E-state index is 13.3. The molecule has 0 aromatic heterocycles. The number of carbonyl (C=O) groups excluding carboxylic acids is 1. The minimum atomic E-state index is -0.526. The fraction of sp³-hybridized carbons (Fsp3) is 0.273. The smallest absolute Gasteiger partial charge is 0.270 e. The average molecular weight is 423 g/mol. The fourth-order valence-corrected chi connectivity index (χ4v) is 4.80. The third kappa shape index (κ3) is 4.23. The molecule has 2 aromatic carbocycles. The molecule has 30 heavy (non-hydrogen) atoms. The lowest BCUT2D eigenvalue weighted by atomic mass is 9.94. The molecule has 2 aromatic rings. The first-order valence-corrected chi connectivity index (χ1v) is 10.7. The summed E-state index contributed by atoms with van der Waals surface area (Å²) in [5.74, 6) is -0.286. The molecule has 1 N–H and O–H groups in total. The van der Waals surface area contributed by atoms with Crippen molar-refractivity contribution < 1.29 is 14.8 Å². The molecule has 1 saturated carbocycles. The number of nitro benzene ring substituents is 1. The number of para-hydroxylation sites is 1. The minimum absolute atomic E-state index is 0.0887. The summed E-state index contributed by atoms with van der Waals surface area (Å²) in [6, 6.07) is 13.3. The van der Waals surface area contributed by atoms with Crippen molar-refractivity contribution in [2.75, 3.05) is 0 Å². The van der Waals surface area contributed by atoms with E-state index in [1.165, 1.54) is 42.5 Å². The van der Waals surface area contributed by atoms with Crippen LogP contribution in [0.1, 0.15) is 37.7 Å². The number of hydrogen-bond donors (Lipinski definition) is 1. The summed E-state index contributed by atoms with van der Waals surface area (Å²) in [7, 11) is 0. The summed E-state index contributed by atoms with van der Waals surface area (Å²) in [6.07, 6.45) is 6.68. The number of hydrogen-bond acceptors (Lipinski definition) is 6. The van der Waals surface area contributed by atoms with Gasteiger partial charge in [0, 0.05) is 23.7 Å². The zero-order valence-electron chi connectivity index (χ0n) is 16.2. The van der Waals surface area contributed by atoms with Crippen LogP contribution in [0.15, 0.2) is 58.4 Å². The van der Waals surface area contributed by atoms with Crippen molar-refractivity contribution in [2.45, 2.75) is 38.1 Å². The highest BCUT2D eigenvalue weighted by atomic mass is 32.2. The van der Waals surface area contributed by atoms with Crippen molar-refractivity contribution in [3.63, 3.8) is 0 Å². The number of amidine groups is 1. The fourth-order valence-electron chi connectivity index (χ4n) is 3.75. The zero-order valence-corrected chi connectivity index (χ0v) is 17.0. The highest BCUT2D eigenvalue weighted by Gasteiger charge is 2.38. The van der Waals surface area contributed by atoms with Gasteiger partial charge >= 0.3 is 0 Å². The lowest BCUT2D eigenvalue weighted by Crippen LogP contribution is -2.40. The Bertz CT molecular complexity index is 1030. The summed E-state index contributed by atoms with van der Waals surface area (Å²) in [5.41, 5.74) is 0.857. The Labute approximate surface area is 178 Å².